The Balaban J connectivity index is 1.77. The standard InChI is InChI=1S/C21H33N5/c1-5-26-12-8-10-19(26)16-25(15-18-9-6-7-11-22-18)14-17-13-23-24-20(17)21(2,3)4/h6-7,9,11,13,19H,5,8,10,12,14-16H2,1-4H3,(H,23,24)/t19-/m1/s1. The summed E-state index contributed by atoms with van der Waals surface area (Å²) >= 11 is 0. The maximum Gasteiger partial charge on any atom is 0.0544 e. The predicted octanol–water partition coefficient (Wildman–Crippen LogP) is 3.59. The van der Waals surface area contributed by atoms with Gasteiger partial charge < -0.3 is 0 Å². The van der Waals surface area contributed by atoms with Crippen LogP contribution < -0.4 is 0 Å². The Kier molecular flexibility index (Phi) is 6.09. The van der Waals surface area contributed by atoms with Crippen molar-refractivity contribution in [2.75, 3.05) is 19.6 Å². The summed E-state index contributed by atoms with van der Waals surface area (Å²) in [6.45, 7) is 14.2. The van der Waals surface area contributed by atoms with Crippen LogP contribution in [0, 0.1) is 0 Å². The number of aromatic amines is 1. The molecule has 0 aromatic carbocycles. The molecule has 1 fully saturated rings. The SMILES string of the molecule is CCN1CCC[C@@H]1CN(Cc1ccccn1)Cc1cn[nH]c1C(C)(C)C. The highest BCUT2D eigenvalue weighted by Gasteiger charge is 2.27. The van der Waals surface area contributed by atoms with E-state index in [-0.39, 0.29) is 5.41 Å². The lowest BCUT2D eigenvalue weighted by Crippen LogP contribution is -2.40. The number of H-pyrrole nitrogens is 1. The van der Waals surface area contributed by atoms with Gasteiger partial charge in [0.1, 0.15) is 0 Å². The van der Waals surface area contributed by atoms with Crippen LogP contribution in [0.1, 0.15) is 57.5 Å². The molecule has 3 heterocycles. The van der Waals surface area contributed by atoms with Crippen molar-refractivity contribution in [1.29, 1.82) is 0 Å². The maximum absolute atomic E-state index is 4.55. The highest BCUT2D eigenvalue weighted by atomic mass is 15.2. The molecule has 0 unspecified atom stereocenters. The molecular formula is C21H33N5. The third-order valence-electron chi connectivity index (χ3n) is 5.35. The van der Waals surface area contributed by atoms with E-state index in [1.807, 2.05) is 18.5 Å². The summed E-state index contributed by atoms with van der Waals surface area (Å²) in [4.78, 5) is 9.71. The summed E-state index contributed by atoms with van der Waals surface area (Å²) in [6, 6.07) is 6.83. The monoisotopic (exact) mass is 355 g/mol. The summed E-state index contributed by atoms with van der Waals surface area (Å²) in [7, 11) is 0. The van der Waals surface area contributed by atoms with E-state index in [4.69, 9.17) is 0 Å². The Morgan fingerprint density at radius 3 is 2.81 bits per heavy atom. The molecule has 5 heteroatoms. The van der Waals surface area contributed by atoms with Crippen molar-refractivity contribution < 1.29 is 0 Å². The van der Waals surface area contributed by atoms with Gasteiger partial charge in [-0.25, -0.2) is 0 Å². The molecule has 0 saturated carbocycles. The lowest BCUT2D eigenvalue weighted by Gasteiger charge is -2.30. The molecule has 2 aromatic rings. The van der Waals surface area contributed by atoms with Crippen LogP contribution in [0.25, 0.3) is 0 Å². The fourth-order valence-electron chi connectivity index (χ4n) is 4.04. The van der Waals surface area contributed by atoms with Gasteiger partial charge in [-0.3, -0.25) is 19.9 Å². The van der Waals surface area contributed by atoms with Gasteiger partial charge in [0.05, 0.1) is 11.9 Å². The topological polar surface area (TPSA) is 48.1 Å². The number of hydrogen-bond donors (Lipinski definition) is 1. The number of hydrogen-bond acceptors (Lipinski definition) is 4. The number of likely N-dealkylation sites (N-methyl/N-ethyl adjacent to an activating group) is 1. The van der Waals surface area contributed by atoms with E-state index in [1.54, 1.807) is 0 Å². The van der Waals surface area contributed by atoms with Gasteiger partial charge >= 0.3 is 0 Å². The van der Waals surface area contributed by atoms with Gasteiger partial charge in [0, 0.05) is 48.5 Å². The fraction of sp³-hybridized carbons (Fsp3) is 0.619. The van der Waals surface area contributed by atoms with Crippen molar-refractivity contribution in [2.24, 2.45) is 0 Å². The van der Waals surface area contributed by atoms with Crippen LogP contribution in [0.2, 0.25) is 0 Å². The molecule has 5 nitrogen and oxygen atoms in total. The maximum atomic E-state index is 4.55. The van der Waals surface area contributed by atoms with E-state index >= 15 is 0 Å². The second kappa shape index (κ2) is 8.31. The van der Waals surface area contributed by atoms with E-state index in [0.29, 0.717) is 6.04 Å². The van der Waals surface area contributed by atoms with Crippen LogP contribution in [-0.2, 0) is 18.5 Å². The third kappa shape index (κ3) is 4.71. The first-order chi connectivity index (χ1) is 12.5. The predicted molar refractivity (Wildman–Crippen MR) is 106 cm³/mol. The minimum Gasteiger partial charge on any atom is -0.299 e. The third-order valence-corrected chi connectivity index (χ3v) is 5.35. The number of nitrogens with zero attached hydrogens (tertiary/aromatic N) is 4. The molecule has 26 heavy (non-hydrogen) atoms. The van der Waals surface area contributed by atoms with Gasteiger partial charge in [-0.2, -0.15) is 5.10 Å². The second-order valence-electron chi connectivity index (χ2n) is 8.44. The Bertz CT molecular complexity index is 673. The molecule has 1 saturated heterocycles. The van der Waals surface area contributed by atoms with Crippen molar-refractivity contribution in [2.45, 2.75) is 65.1 Å². The molecule has 0 bridgehead atoms. The zero-order chi connectivity index (χ0) is 18.6. The zero-order valence-electron chi connectivity index (χ0n) is 16.7. The van der Waals surface area contributed by atoms with Crippen molar-refractivity contribution in [3.05, 3.63) is 47.5 Å². The fourth-order valence-corrected chi connectivity index (χ4v) is 4.04. The van der Waals surface area contributed by atoms with Gasteiger partial charge in [0.15, 0.2) is 0 Å². The van der Waals surface area contributed by atoms with Crippen LogP contribution >= 0.6 is 0 Å². The molecule has 2 aromatic heterocycles. The molecule has 0 radical (unpaired) electrons. The van der Waals surface area contributed by atoms with Crippen LogP contribution in [0.4, 0.5) is 0 Å². The molecular weight excluding hydrogens is 322 g/mol. The number of nitrogens with one attached hydrogen (secondary N) is 1. The molecule has 0 aliphatic carbocycles. The van der Waals surface area contributed by atoms with Crippen LogP contribution in [0.5, 0.6) is 0 Å². The van der Waals surface area contributed by atoms with Gasteiger partial charge in [-0.05, 0) is 38.1 Å². The van der Waals surface area contributed by atoms with Crippen LogP contribution in [0.3, 0.4) is 0 Å². The quantitative estimate of drug-likeness (QED) is 0.824. The van der Waals surface area contributed by atoms with E-state index in [9.17, 15) is 0 Å². The summed E-state index contributed by atoms with van der Waals surface area (Å²) in [5.74, 6) is 0. The first kappa shape index (κ1) is 19.1. The van der Waals surface area contributed by atoms with Crippen molar-refractivity contribution in [3.63, 3.8) is 0 Å². The highest BCUT2D eigenvalue weighted by Crippen LogP contribution is 2.26. The van der Waals surface area contributed by atoms with Gasteiger partial charge in [0.2, 0.25) is 0 Å². The minimum atomic E-state index is 0.0747. The van der Waals surface area contributed by atoms with Crippen molar-refractivity contribution in [1.82, 2.24) is 25.0 Å². The van der Waals surface area contributed by atoms with Gasteiger partial charge in [0.25, 0.3) is 0 Å². The van der Waals surface area contributed by atoms with E-state index in [1.165, 1.54) is 30.6 Å². The average Bonchev–Trinajstić information content (AvgIpc) is 3.24. The Labute approximate surface area is 157 Å². The zero-order valence-corrected chi connectivity index (χ0v) is 16.7. The Hall–Kier alpha value is -1.72. The first-order valence-electron chi connectivity index (χ1n) is 9.86. The molecule has 1 atom stereocenters. The van der Waals surface area contributed by atoms with E-state index in [2.05, 4.69) is 64.8 Å². The van der Waals surface area contributed by atoms with Crippen molar-refractivity contribution in [3.8, 4) is 0 Å². The van der Waals surface area contributed by atoms with E-state index < -0.39 is 0 Å². The summed E-state index contributed by atoms with van der Waals surface area (Å²) in [5.41, 5.74) is 3.75. The van der Waals surface area contributed by atoms with Crippen LogP contribution in [0.15, 0.2) is 30.6 Å². The average molecular weight is 356 g/mol. The summed E-state index contributed by atoms with van der Waals surface area (Å²) in [5, 5.41) is 7.56. The lowest BCUT2D eigenvalue weighted by atomic mass is 9.89. The Morgan fingerprint density at radius 2 is 2.12 bits per heavy atom. The number of pyridine rings is 1. The summed E-state index contributed by atoms with van der Waals surface area (Å²) in [6.07, 6.45) is 6.50. The molecule has 1 aliphatic heterocycles. The van der Waals surface area contributed by atoms with Crippen LogP contribution in [-0.4, -0.2) is 50.7 Å². The summed E-state index contributed by atoms with van der Waals surface area (Å²) < 4.78 is 0. The Morgan fingerprint density at radius 1 is 1.27 bits per heavy atom. The molecule has 1 aliphatic rings. The van der Waals surface area contributed by atoms with Crippen molar-refractivity contribution >= 4 is 0 Å². The largest absolute Gasteiger partial charge is 0.299 e. The minimum absolute atomic E-state index is 0.0747. The smallest absolute Gasteiger partial charge is 0.0544 e. The first-order valence-corrected chi connectivity index (χ1v) is 9.86. The number of aromatic nitrogens is 3. The van der Waals surface area contributed by atoms with Gasteiger partial charge in [-0.1, -0.05) is 33.8 Å². The number of rotatable bonds is 7. The molecule has 3 rings (SSSR count). The molecule has 0 amide bonds. The molecule has 0 spiro atoms. The lowest BCUT2D eigenvalue weighted by molar-refractivity contribution is 0.164. The number of likely N-dealkylation sites (tertiary alicyclic amines) is 1. The van der Waals surface area contributed by atoms with E-state index in [0.717, 1.165) is 31.9 Å². The van der Waals surface area contributed by atoms with Gasteiger partial charge in [-0.15, -0.1) is 0 Å². The highest BCUT2D eigenvalue weighted by molar-refractivity contribution is 5.23. The normalized spacial score (nSPS) is 18.7. The second-order valence-corrected chi connectivity index (χ2v) is 8.44. The molecule has 142 valence electrons. The molecule has 1 N–H and O–H groups in total.